The van der Waals surface area contributed by atoms with Gasteiger partial charge in [-0.3, -0.25) is 9.78 Å². The summed E-state index contributed by atoms with van der Waals surface area (Å²) in [6.07, 6.45) is 5.11. The standard InChI is InChI=1S/C20H19N5O3/c26-19(15-6-2-1-3-7-15)23-16(11-14-5-4-8-21-12-14)20-24-18(25-28-20)17-13-27-10-9-22-17/h1-8,11-12,17,22H,9-10,13H2,(H,23,26)/b16-11+. The molecule has 0 bridgehead atoms. The van der Waals surface area contributed by atoms with Crippen molar-refractivity contribution in [3.05, 3.63) is 77.7 Å². The smallest absolute Gasteiger partial charge is 0.274 e. The number of ether oxygens (including phenoxy) is 1. The molecule has 3 heterocycles. The van der Waals surface area contributed by atoms with E-state index in [1.807, 2.05) is 18.2 Å². The van der Waals surface area contributed by atoms with Crippen molar-refractivity contribution >= 4 is 17.7 Å². The number of carbonyl (C=O) groups excluding carboxylic acids is 1. The molecule has 28 heavy (non-hydrogen) atoms. The Morgan fingerprint density at radius 2 is 2.11 bits per heavy atom. The van der Waals surface area contributed by atoms with E-state index < -0.39 is 0 Å². The van der Waals surface area contributed by atoms with E-state index in [4.69, 9.17) is 9.26 Å². The number of pyridine rings is 1. The highest BCUT2D eigenvalue weighted by atomic mass is 16.5. The molecule has 1 unspecified atom stereocenters. The fraction of sp³-hybridized carbons (Fsp3) is 0.200. The molecule has 1 saturated heterocycles. The third kappa shape index (κ3) is 4.30. The predicted octanol–water partition coefficient (Wildman–Crippen LogP) is 2.05. The van der Waals surface area contributed by atoms with Gasteiger partial charge in [0.1, 0.15) is 5.70 Å². The summed E-state index contributed by atoms with van der Waals surface area (Å²) >= 11 is 0. The summed E-state index contributed by atoms with van der Waals surface area (Å²) in [4.78, 5) is 21.2. The number of hydrogen-bond acceptors (Lipinski definition) is 7. The van der Waals surface area contributed by atoms with Gasteiger partial charge in [0.15, 0.2) is 5.82 Å². The molecule has 1 fully saturated rings. The highest BCUT2D eigenvalue weighted by Gasteiger charge is 2.23. The third-order valence-corrected chi connectivity index (χ3v) is 4.19. The van der Waals surface area contributed by atoms with E-state index in [1.54, 1.807) is 42.7 Å². The zero-order valence-corrected chi connectivity index (χ0v) is 15.0. The van der Waals surface area contributed by atoms with Gasteiger partial charge in [0, 0.05) is 24.5 Å². The SMILES string of the molecule is O=C(N/C(=C/c1cccnc1)c1nc(C2COCCN2)no1)c1ccccc1. The van der Waals surface area contributed by atoms with Crippen LogP contribution in [-0.2, 0) is 4.74 Å². The number of nitrogens with one attached hydrogen (secondary N) is 2. The zero-order valence-electron chi connectivity index (χ0n) is 15.0. The minimum absolute atomic E-state index is 0.143. The number of carbonyl (C=O) groups is 1. The lowest BCUT2D eigenvalue weighted by Gasteiger charge is -2.20. The maximum Gasteiger partial charge on any atom is 0.274 e. The van der Waals surface area contributed by atoms with Gasteiger partial charge in [-0.25, -0.2) is 0 Å². The normalized spacial score (nSPS) is 17.3. The Morgan fingerprint density at radius 1 is 1.21 bits per heavy atom. The van der Waals surface area contributed by atoms with Crippen molar-refractivity contribution in [1.82, 2.24) is 25.8 Å². The molecule has 0 spiro atoms. The molecule has 1 amide bonds. The minimum Gasteiger partial charge on any atom is -0.378 e. The van der Waals surface area contributed by atoms with Crippen LogP contribution in [0, 0.1) is 0 Å². The molecule has 4 rings (SSSR count). The van der Waals surface area contributed by atoms with Crippen LogP contribution in [0.1, 0.15) is 33.7 Å². The minimum atomic E-state index is -0.269. The number of rotatable bonds is 5. The van der Waals surface area contributed by atoms with Crippen LogP contribution in [0.15, 0.2) is 59.4 Å². The van der Waals surface area contributed by atoms with Crippen LogP contribution in [0.3, 0.4) is 0 Å². The van der Waals surface area contributed by atoms with Crippen molar-refractivity contribution < 1.29 is 14.1 Å². The molecule has 1 aliphatic rings. The number of nitrogens with zero attached hydrogens (tertiary/aromatic N) is 3. The number of morpholine rings is 1. The quantitative estimate of drug-likeness (QED) is 0.701. The number of amides is 1. The third-order valence-electron chi connectivity index (χ3n) is 4.19. The highest BCUT2D eigenvalue weighted by molar-refractivity contribution is 6.01. The Kier molecular flexibility index (Phi) is 5.51. The molecule has 8 nitrogen and oxygen atoms in total. The van der Waals surface area contributed by atoms with Gasteiger partial charge in [-0.2, -0.15) is 4.98 Å². The van der Waals surface area contributed by atoms with Crippen LogP contribution in [0.5, 0.6) is 0 Å². The molecule has 1 atom stereocenters. The molecule has 0 saturated carbocycles. The number of hydrogen-bond donors (Lipinski definition) is 2. The van der Waals surface area contributed by atoms with E-state index in [1.165, 1.54) is 0 Å². The summed E-state index contributed by atoms with van der Waals surface area (Å²) in [6.45, 7) is 1.84. The van der Waals surface area contributed by atoms with Gasteiger partial charge in [0.25, 0.3) is 11.8 Å². The van der Waals surface area contributed by atoms with Gasteiger partial charge in [0.2, 0.25) is 0 Å². The molecule has 2 N–H and O–H groups in total. The number of aromatic nitrogens is 3. The van der Waals surface area contributed by atoms with Crippen LogP contribution in [0.2, 0.25) is 0 Å². The predicted molar refractivity (Wildman–Crippen MR) is 102 cm³/mol. The van der Waals surface area contributed by atoms with Crippen molar-refractivity contribution in [2.24, 2.45) is 0 Å². The molecule has 1 aromatic carbocycles. The van der Waals surface area contributed by atoms with E-state index in [0.29, 0.717) is 30.3 Å². The van der Waals surface area contributed by atoms with E-state index in [9.17, 15) is 4.79 Å². The Morgan fingerprint density at radius 3 is 2.86 bits per heavy atom. The summed E-state index contributed by atoms with van der Waals surface area (Å²) in [5.74, 6) is 0.436. The molecule has 0 radical (unpaired) electrons. The Balaban J connectivity index is 1.62. The molecular formula is C20H19N5O3. The van der Waals surface area contributed by atoms with Crippen molar-refractivity contribution in [2.45, 2.75) is 6.04 Å². The lowest BCUT2D eigenvalue weighted by Crippen LogP contribution is -2.35. The first-order chi connectivity index (χ1) is 13.8. The largest absolute Gasteiger partial charge is 0.378 e. The first-order valence-corrected chi connectivity index (χ1v) is 8.93. The highest BCUT2D eigenvalue weighted by Crippen LogP contribution is 2.18. The van der Waals surface area contributed by atoms with Crippen molar-refractivity contribution in [3.63, 3.8) is 0 Å². The topological polar surface area (TPSA) is 102 Å². The number of benzene rings is 1. The summed E-state index contributed by atoms with van der Waals surface area (Å²) < 4.78 is 10.9. The fourth-order valence-electron chi connectivity index (χ4n) is 2.78. The Hall–Kier alpha value is -3.36. The average molecular weight is 377 g/mol. The van der Waals surface area contributed by atoms with E-state index in [2.05, 4.69) is 25.8 Å². The van der Waals surface area contributed by atoms with Gasteiger partial charge in [-0.1, -0.05) is 29.4 Å². The molecular weight excluding hydrogens is 358 g/mol. The molecule has 3 aromatic rings. The van der Waals surface area contributed by atoms with Gasteiger partial charge >= 0.3 is 0 Å². The van der Waals surface area contributed by atoms with Gasteiger partial charge < -0.3 is 19.9 Å². The maximum atomic E-state index is 12.6. The van der Waals surface area contributed by atoms with Crippen LogP contribution in [0.4, 0.5) is 0 Å². The maximum absolute atomic E-state index is 12.6. The van der Waals surface area contributed by atoms with Crippen molar-refractivity contribution in [1.29, 1.82) is 0 Å². The summed E-state index contributed by atoms with van der Waals surface area (Å²) in [6, 6.07) is 12.5. The van der Waals surface area contributed by atoms with Gasteiger partial charge in [-0.15, -0.1) is 0 Å². The first-order valence-electron chi connectivity index (χ1n) is 8.93. The molecule has 0 aliphatic carbocycles. The van der Waals surface area contributed by atoms with E-state index in [0.717, 1.165) is 12.1 Å². The Bertz CT molecular complexity index is 950. The van der Waals surface area contributed by atoms with Crippen LogP contribution in [-0.4, -0.2) is 40.8 Å². The van der Waals surface area contributed by atoms with Gasteiger partial charge in [-0.05, 0) is 29.8 Å². The molecule has 2 aromatic heterocycles. The average Bonchev–Trinajstić information content (AvgIpc) is 3.25. The van der Waals surface area contributed by atoms with Crippen LogP contribution >= 0.6 is 0 Å². The monoisotopic (exact) mass is 377 g/mol. The van der Waals surface area contributed by atoms with Crippen LogP contribution < -0.4 is 10.6 Å². The van der Waals surface area contributed by atoms with Crippen LogP contribution in [0.25, 0.3) is 11.8 Å². The summed E-state index contributed by atoms with van der Waals surface area (Å²) in [7, 11) is 0. The van der Waals surface area contributed by atoms with Crippen molar-refractivity contribution in [2.75, 3.05) is 19.8 Å². The molecule has 1 aliphatic heterocycles. The Labute approximate surface area is 161 Å². The molecule has 8 heteroatoms. The van der Waals surface area contributed by atoms with Gasteiger partial charge in [0.05, 0.1) is 19.3 Å². The second-order valence-corrected chi connectivity index (χ2v) is 6.20. The summed E-state index contributed by atoms with van der Waals surface area (Å²) in [5.41, 5.74) is 1.73. The van der Waals surface area contributed by atoms with E-state index in [-0.39, 0.29) is 17.8 Å². The zero-order chi connectivity index (χ0) is 19.2. The lowest BCUT2D eigenvalue weighted by molar-refractivity contribution is 0.0734. The van der Waals surface area contributed by atoms with E-state index >= 15 is 0 Å². The second-order valence-electron chi connectivity index (χ2n) is 6.20. The van der Waals surface area contributed by atoms with Crippen molar-refractivity contribution in [3.8, 4) is 0 Å². The molecule has 142 valence electrons. The second kappa shape index (κ2) is 8.55. The lowest BCUT2D eigenvalue weighted by atomic mass is 10.2. The first kappa shape index (κ1) is 18.0. The summed E-state index contributed by atoms with van der Waals surface area (Å²) in [5, 5.41) is 10.2. The fourth-order valence-corrected chi connectivity index (χ4v) is 2.78.